The molecule has 0 spiro atoms. The number of nitrogens with zero attached hydrogens (tertiary/aromatic N) is 2. The standard InChI is InChI=1S/C14H16FN3O/c1-3-18(11-6-4-5-10(15)9-11)13-8-7-12(16)14(17-13)19-2/h4-9H,3,16H2,1-2H3. The van der Waals surface area contributed by atoms with Gasteiger partial charge in [-0.15, -0.1) is 0 Å². The Balaban J connectivity index is 2.42. The van der Waals surface area contributed by atoms with E-state index in [-0.39, 0.29) is 5.82 Å². The predicted octanol–water partition coefficient (Wildman–Crippen LogP) is 2.97. The van der Waals surface area contributed by atoms with Crippen LogP contribution in [0.4, 0.5) is 21.6 Å². The van der Waals surface area contributed by atoms with E-state index in [9.17, 15) is 4.39 Å². The van der Waals surface area contributed by atoms with Crippen molar-refractivity contribution in [1.82, 2.24) is 4.98 Å². The maximum absolute atomic E-state index is 13.3. The summed E-state index contributed by atoms with van der Waals surface area (Å²) in [6.07, 6.45) is 0. The summed E-state index contributed by atoms with van der Waals surface area (Å²) in [5, 5.41) is 0. The molecule has 1 aromatic heterocycles. The van der Waals surface area contributed by atoms with Crippen LogP contribution in [-0.4, -0.2) is 18.6 Å². The first-order valence-electron chi connectivity index (χ1n) is 5.99. The normalized spacial score (nSPS) is 10.3. The molecule has 1 heterocycles. The molecule has 0 aliphatic rings. The lowest BCUT2D eigenvalue weighted by Gasteiger charge is -2.22. The molecular formula is C14H16FN3O. The van der Waals surface area contributed by atoms with Gasteiger partial charge in [-0.1, -0.05) is 6.07 Å². The van der Waals surface area contributed by atoms with E-state index in [1.807, 2.05) is 17.9 Å². The van der Waals surface area contributed by atoms with Gasteiger partial charge < -0.3 is 15.4 Å². The second-order valence-electron chi connectivity index (χ2n) is 3.99. The Bertz CT molecular complexity index is 574. The largest absolute Gasteiger partial charge is 0.479 e. The van der Waals surface area contributed by atoms with Gasteiger partial charge in [0.05, 0.1) is 12.8 Å². The molecule has 4 nitrogen and oxygen atoms in total. The average Bonchev–Trinajstić information content (AvgIpc) is 2.41. The van der Waals surface area contributed by atoms with Crippen LogP contribution in [0.15, 0.2) is 36.4 Å². The zero-order chi connectivity index (χ0) is 13.8. The van der Waals surface area contributed by atoms with Crippen LogP contribution >= 0.6 is 0 Å². The van der Waals surface area contributed by atoms with E-state index in [0.29, 0.717) is 23.9 Å². The Kier molecular flexibility index (Phi) is 3.85. The summed E-state index contributed by atoms with van der Waals surface area (Å²) in [7, 11) is 1.51. The molecule has 0 fully saturated rings. The maximum Gasteiger partial charge on any atom is 0.238 e. The molecule has 100 valence electrons. The van der Waals surface area contributed by atoms with Gasteiger partial charge in [-0.2, -0.15) is 4.98 Å². The van der Waals surface area contributed by atoms with Crippen molar-refractivity contribution >= 4 is 17.2 Å². The highest BCUT2D eigenvalue weighted by atomic mass is 19.1. The molecule has 2 rings (SSSR count). The van der Waals surface area contributed by atoms with Crippen molar-refractivity contribution in [1.29, 1.82) is 0 Å². The number of aromatic nitrogens is 1. The van der Waals surface area contributed by atoms with E-state index < -0.39 is 0 Å². The molecule has 5 heteroatoms. The molecule has 0 saturated carbocycles. The fraction of sp³-hybridized carbons (Fsp3) is 0.214. The van der Waals surface area contributed by atoms with Gasteiger partial charge in [0.25, 0.3) is 0 Å². The summed E-state index contributed by atoms with van der Waals surface area (Å²) in [5.74, 6) is 0.755. The lowest BCUT2D eigenvalue weighted by Crippen LogP contribution is -2.17. The van der Waals surface area contributed by atoms with Crippen LogP contribution in [0.1, 0.15) is 6.92 Å². The lowest BCUT2D eigenvalue weighted by molar-refractivity contribution is 0.400. The quantitative estimate of drug-likeness (QED) is 0.919. The maximum atomic E-state index is 13.3. The van der Waals surface area contributed by atoms with Crippen molar-refractivity contribution in [3.8, 4) is 5.88 Å². The number of pyridine rings is 1. The number of ether oxygens (including phenoxy) is 1. The van der Waals surface area contributed by atoms with Gasteiger partial charge in [0, 0.05) is 12.2 Å². The SMILES string of the molecule is CCN(c1cccc(F)c1)c1ccc(N)c(OC)n1. The van der Waals surface area contributed by atoms with Crippen molar-refractivity contribution in [2.75, 3.05) is 24.3 Å². The van der Waals surface area contributed by atoms with Gasteiger partial charge >= 0.3 is 0 Å². The van der Waals surface area contributed by atoms with E-state index in [0.717, 1.165) is 5.69 Å². The molecule has 2 N–H and O–H groups in total. The molecule has 19 heavy (non-hydrogen) atoms. The number of rotatable bonds is 4. The smallest absolute Gasteiger partial charge is 0.238 e. The minimum atomic E-state index is -0.279. The summed E-state index contributed by atoms with van der Waals surface area (Å²) < 4.78 is 18.4. The second kappa shape index (κ2) is 5.56. The van der Waals surface area contributed by atoms with Gasteiger partial charge in [0.1, 0.15) is 11.6 Å². The van der Waals surface area contributed by atoms with E-state index in [4.69, 9.17) is 10.5 Å². The van der Waals surface area contributed by atoms with Gasteiger partial charge in [0.2, 0.25) is 5.88 Å². The first-order chi connectivity index (χ1) is 9.15. The van der Waals surface area contributed by atoms with Crippen LogP contribution < -0.4 is 15.4 Å². The van der Waals surface area contributed by atoms with Crippen LogP contribution in [0.2, 0.25) is 0 Å². The van der Waals surface area contributed by atoms with Crippen LogP contribution in [-0.2, 0) is 0 Å². The summed E-state index contributed by atoms with van der Waals surface area (Å²) in [6.45, 7) is 2.62. The minimum Gasteiger partial charge on any atom is -0.479 e. The first-order valence-corrected chi connectivity index (χ1v) is 5.99. The topological polar surface area (TPSA) is 51.4 Å². The summed E-state index contributed by atoms with van der Waals surface area (Å²) in [4.78, 5) is 6.20. The zero-order valence-electron chi connectivity index (χ0n) is 10.9. The van der Waals surface area contributed by atoms with Crippen molar-refractivity contribution in [3.05, 3.63) is 42.2 Å². The number of methoxy groups -OCH3 is 1. The summed E-state index contributed by atoms with van der Waals surface area (Å²) in [5.41, 5.74) is 6.95. The molecule has 0 atom stereocenters. The number of anilines is 3. The van der Waals surface area contributed by atoms with Crippen molar-refractivity contribution < 1.29 is 9.13 Å². The molecule has 0 unspecified atom stereocenters. The van der Waals surface area contributed by atoms with E-state index >= 15 is 0 Å². The average molecular weight is 261 g/mol. The van der Waals surface area contributed by atoms with E-state index in [1.165, 1.54) is 19.2 Å². The van der Waals surface area contributed by atoms with Crippen molar-refractivity contribution in [2.24, 2.45) is 0 Å². The molecule has 0 saturated heterocycles. The fourth-order valence-corrected chi connectivity index (χ4v) is 1.88. The third kappa shape index (κ3) is 2.76. The van der Waals surface area contributed by atoms with Gasteiger partial charge in [0.15, 0.2) is 0 Å². The molecule has 2 aromatic rings. The molecular weight excluding hydrogens is 245 g/mol. The van der Waals surface area contributed by atoms with E-state index in [1.54, 1.807) is 18.2 Å². The number of hydrogen-bond acceptors (Lipinski definition) is 4. The highest BCUT2D eigenvalue weighted by Crippen LogP contribution is 2.28. The Labute approximate surface area is 111 Å². The zero-order valence-corrected chi connectivity index (χ0v) is 10.9. The van der Waals surface area contributed by atoms with Gasteiger partial charge in [-0.05, 0) is 37.3 Å². The number of nitrogens with two attached hydrogens (primary N) is 1. The number of benzene rings is 1. The summed E-state index contributed by atoms with van der Waals surface area (Å²) in [6, 6.07) is 9.89. The molecule has 0 amide bonds. The molecule has 0 radical (unpaired) electrons. The monoisotopic (exact) mass is 261 g/mol. The van der Waals surface area contributed by atoms with E-state index in [2.05, 4.69) is 4.98 Å². The van der Waals surface area contributed by atoms with Gasteiger partial charge in [-0.25, -0.2) is 4.39 Å². The highest BCUT2D eigenvalue weighted by Gasteiger charge is 2.11. The molecule has 0 aliphatic heterocycles. The van der Waals surface area contributed by atoms with Gasteiger partial charge in [-0.3, -0.25) is 0 Å². The first kappa shape index (κ1) is 13.1. The molecule has 0 aliphatic carbocycles. The lowest BCUT2D eigenvalue weighted by atomic mass is 10.2. The Morgan fingerprint density at radius 1 is 1.32 bits per heavy atom. The Hall–Kier alpha value is -2.30. The fourth-order valence-electron chi connectivity index (χ4n) is 1.88. The van der Waals surface area contributed by atoms with Crippen molar-refractivity contribution in [3.63, 3.8) is 0 Å². The van der Waals surface area contributed by atoms with Crippen molar-refractivity contribution in [2.45, 2.75) is 6.92 Å². The third-order valence-corrected chi connectivity index (χ3v) is 2.78. The predicted molar refractivity (Wildman–Crippen MR) is 74.3 cm³/mol. The van der Waals surface area contributed by atoms with Crippen LogP contribution in [0.5, 0.6) is 5.88 Å². The Morgan fingerprint density at radius 3 is 2.74 bits per heavy atom. The number of hydrogen-bond donors (Lipinski definition) is 1. The highest BCUT2D eigenvalue weighted by molar-refractivity contribution is 5.63. The minimum absolute atomic E-state index is 0.279. The summed E-state index contributed by atoms with van der Waals surface area (Å²) >= 11 is 0. The van der Waals surface area contributed by atoms with Crippen LogP contribution in [0.25, 0.3) is 0 Å². The second-order valence-corrected chi connectivity index (χ2v) is 3.99. The number of nitrogen functional groups attached to an aromatic ring is 1. The van der Waals surface area contributed by atoms with Crippen LogP contribution in [0, 0.1) is 5.82 Å². The molecule has 0 bridgehead atoms. The third-order valence-electron chi connectivity index (χ3n) is 2.78. The Morgan fingerprint density at radius 2 is 2.11 bits per heavy atom. The molecule has 1 aromatic carbocycles. The van der Waals surface area contributed by atoms with Crippen LogP contribution in [0.3, 0.4) is 0 Å². The number of halogens is 1.